The number of nitrogens with zero attached hydrogens (tertiary/aromatic N) is 1. The number of nitrogens with one attached hydrogen (secondary N) is 1. The van der Waals surface area contributed by atoms with Crippen LogP contribution in [0.4, 0.5) is 0 Å². The largest absolute Gasteiger partial charge is 0.467 e. The van der Waals surface area contributed by atoms with Crippen molar-refractivity contribution in [1.29, 1.82) is 0 Å². The van der Waals surface area contributed by atoms with Gasteiger partial charge in [0.05, 0.1) is 5.56 Å². The normalized spacial score (nSPS) is 35.5. The molecule has 4 atom stereocenters. The first-order valence-corrected chi connectivity index (χ1v) is 10.4. The van der Waals surface area contributed by atoms with Crippen LogP contribution >= 0.6 is 0 Å². The first-order chi connectivity index (χ1) is 13.1. The van der Waals surface area contributed by atoms with Gasteiger partial charge in [0.15, 0.2) is 5.72 Å². The zero-order valence-electron chi connectivity index (χ0n) is 15.9. The van der Waals surface area contributed by atoms with Crippen LogP contribution < -0.4 is 10.1 Å². The Kier molecular flexibility index (Phi) is 3.95. The second-order valence-electron chi connectivity index (χ2n) is 9.03. The van der Waals surface area contributed by atoms with Gasteiger partial charge in [0.25, 0.3) is 5.91 Å². The predicted octanol–water partition coefficient (Wildman–Crippen LogP) is 3.20. The molecule has 1 N–H and O–H groups in total. The van der Waals surface area contributed by atoms with Gasteiger partial charge in [-0.1, -0.05) is 19.1 Å². The van der Waals surface area contributed by atoms with E-state index in [4.69, 9.17) is 4.74 Å². The van der Waals surface area contributed by atoms with Gasteiger partial charge in [0.1, 0.15) is 5.75 Å². The highest BCUT2D eigenvalue weighted by Gasteiger charge is 2.57. The molecule has 1 aromatic rings. The summed E-state index contributed by atoms with van der Waals surface area (Å²) in [7, 11) is 0. The van der Waals surface area contributed by atoms with Crippen molar-refractivity contribution < 1.29 is 14.3 Å². The fraction of sp³-hybridized carbons (Fsp3) is 0.636. The molecular weight excluding hydrogens is 340 g/mol. The Morgan fingerprint density at radius 1 is 1.19 bits per heavy atom. The summed E-state index contributed by atoms with van der Waals surface area (Å²) in [5, 5.41) is 3.18. The molecule has 2 heterocycles. The van der Waals surface area contributed by atoms with E-state index >= 15 is 0 Å². The molecule has 4 fully saturated rings. The van der Waals surface area contributed by atoms with Crippen molar-refractivity contribution in [1.82, 2.24) is 10.2 Å². The monoisotopic (exact) mass is 368 g/mol. The molecule has 5 heteroatoms. The highest BCUT2D eigenvalue weighted by Crippen LogP contribution is 2.52. The number of benzene rings is 1. The van der Waals surface area contributed by atoms with Gasteiger partial charge in [-0.05, 0) is 56.1 Å². The minimum absolute atomic E-state index is 0.0442. The van der Waals surface area contributed by atoms with Gasteiger partial charge in [0, 0.05) is 31.3 Å². The lowest BCUT2D eigenvalue weighted by Crippen LogP contribution is -2.67. The molecule has 1 spiro atoms. The summed E-state index contributed by atoms with van der Waals surface area (Å²) in [6, 6.07) is 7.47. The Morgan fingerprint density at radius 3 is 2.70 bits per heavy atom. The zero-order valence-corrected chi connectivity index (χ0v) is 15.9. The van der Waals surface area contributed by atoms with Gasteiger partial charge in [-0.2, -0.15) is 0 Å². The maximum Gasteiger partial charge on any atom is 0.258 e. The van der Waals surface area contributed by atoms with Crippen molar-refractivity contribution in [3.8, 4) is 5.75 Å². The average Bonchev–Trinajstić information content (AvgIpc) is 2.68. The number of likely N-dealkylation sites (tertiary alicyclic amines) is 1. The molecule has 5 nitrogen and oxygen atoms in total. The van der Waals surface area contributed by atoms with Crippen LogP contribution in [0.2, 0.25) is 0 Å². The van der Waals surface area contributed by atoms with Crippen molar-refractivity contribution in [3.05, 3.63) is 29.8 Å². The lowest BCUT2D eigenvalue weighted by Gasteiger charge is -2.55. The Labute approximate surface area is 160 Å². The molecule has 0 unspecified atom stereocenters. The molecule has 2 amide bonds. The summed E-state index contributed by atoms with van der Waals surface area (Å²) in [4.78, 5) is 27.9. The maximum absolute atomic E-state index is 13.2. The highest BCUT2D eigenvalue weighted by atomic mass is 16.5. The van der Waals surface area contributed by atoms with Gasteiger partial charge in [0.2, 0.25) is 5.91 Å². The van der Waals surface area contributed by atoms with Gasteiger partial charge in [-0.15, -0.1) is 0 Å². The number of ether oxygens (including phenoxy) is 1. The average molecular weight is 368 g/mol. The molecule has 0 radical (unpaired) electrons. The molecule has 5 aliphatic rings. The van der Waals surface area contributed by atoms with E-state index in [-0.39, 0.29) is 17.7 Å². The summed E-state index contributed by atoms with van der Waals surface area (Å²) in [6.07, 6.45) is 5.90. The van der Waals surface area contributed by atoms with Crippen molar-refractivity contribution in [2.24, 2.45) is 23.7 Å². The number of hydrogen-bond donors (Lipinski definition) is 1. The fourth-order valence-electron chi connectivity index (χ4n) is 5.73. The standard InChI is InChI=1S/C22H28N2O3/c1-14-8-10-24(11-9-14)21(26)18-12-16-7-6-15(18)13-22(16)23-20(25)17-4-2-3-5-19(17)27-22/h2-5,14-16,18H,6-13H2,1H3,(H,23,25)/t15-,16+,18-,22+/m1/s1. The number of carbonyl (C=O) groups is 2. The van der Waals surface area contributed by atoms with Crippen LogP contribution in [0.1, 0.15) is 55.8 Å². The van der Waals surface area contributed by atoms with Gasteiger partial charge < -0.3 is 15.0 Å². The maximum atomic E-state index is 13.2. The van der Waals surface area contributed by atoms with Gasteiger partial charge >= 0.3 is 0 Å². The molecule has 3 saturated carbocycles. The van der Waals surface area contributed by atoms with Crippen LogP contribution in [0, 0.1) is 23.7 Å². The highest BCUT2D eigenvalue weighted by molar-refractivity contribution is 5.98. The molecule has 27 heavy (non-hydrogen) atoms. The van der Waals surface area contributed by atoms with Crippen molar-refractivity contribution in [2.45, 2.75) is 51.2 Å². The molecule has 2 bridgehead atoms. The first kappa shape index (κ1) is 17.1. The first-order valence-electron chi connectivity index (χ1n) is 10.4. The number of rotatable bonds is 1. The Bertz CT molecular complexity index is 771. The molecule has 1 saturated heterocycles. The molecule has 0 aromatic heterocycles. The van der Waals surface area contributed by atoms with E-state index in [0.717, 1.165) is 57.5 Å². The Hall–Kier alpha value is -2.04. The zero-order chi connectivity index (χ0) is 18.6. The van der Waals surface area contributed by atoms with Gasteiger partial charge in [-0.25, -0.2) is 0 Å². The van der Waals surface area contributed by atoms with Crippen LogP contribution in [0.3, 0.4) is 0 Å². The minimum atomic E-state index is -0.623. The number of piperidine rings is 1. The molecule has 2 aliphatic heterocycles. The second-order valence-corrected chi connectivity index (χ2v) is 9.03. The van der Waals surface area contributed by atoms with E-state index in [1.165, 1.54) is 0 Å². The van der Waals surface area contributed by atoms with E-state index in [1.54, 1.807) is 0 Å². The third-order valence-corrected chi connectivity index (χ3v) is 7.38. The van der Waals surface area contributed by atoms with Crippen LogP contribution in [0.15, 0.2) is 24.3 Å². The smallest absolute Gasteiger partial charge is 0.258 e. The number of hydrogen-bond acceptors (Lipinski definition) is 3. The quantitative estimate of drug-likeness (QED) is 0.828. The van der Waals surface area contributed by atoms with Crippen LogP contribution in [-0.2, 0) is 4.79 Å². The minimum Gasteiger partial charge on any atom is -0.467 e. The van der Waals surface area contributed by atoms with E-state index in [1.807, 2.05) is 24.3 Å². The van der Waals surface area contributed by atoms with E-state index in [0.29, 0.717) is 23.1 Å². The number of carbonyl (C=O) groups excluding carboxylic acids is 2. The number of para-hydroxylation sites is 1. The van der Waals surface area contributed by atoms with Gasteiger partial charge in [-0.3, -0.25) is 9.59 Å². The van der Waals surface area contributed by atoms with E-state index in [2.05, 4.69) is 17.1 Å². The Balaban J connectivity index is 1.35. The van der Waals surface area contributed by atoms with Crippen LogP contribution in [0.5, 0.6) is 5.75 Å². The van der Waals surface area contributed by atoms with Crippen molar-refractivity contribution in [2.75, 3.05) is 13.1 Å². The topological polar surface area (TPSA) is 58.6 Å². The number of fused-ring (bicyclic) bond motifs is 3. The molecular formula is C22H28N2O3. The summed E-state index contributed by atoms with van der Waals surface area (Å²) >= 11 is 0. The van der Waals surface area contributed by atoms with Crippen molar-refractivity contribution >= 4 is 11.8 Å². The van der Waals surface area contributed by atoms with E-state index in [9.17, 15) is 9.59 Å². The molecule has 1 aromatic carbocycles. The number of amides is 2. The molecule has 144 valence electrons. The third kappa shape index (κ3) is 2.74. The summed E-state index contributed by atoms with van der Waals surface area (Å²) in [5.74, 6) is 2.31. The SMILES string of the molecule is CC1CCN(C(=O)[C@@H]2C[C@@H]3CC[C@@H]2C[C@@]32NC(=O)c3ccccc3O2)CC1. The molecule has 3 aliphatic carbocycles. The lowest BCUT2D eigenvalue weighted by atomic mass is 9.59. The van der Waals surface area contributed by atoms with Crippen LogP contribution in [0.25, 0.3) is 0 Å². The van der Waals surface area contributed by atoms with Crippen LogP contribution in [-0.4, -0.2) is 35.5 Å². The Morgan fingerprint density at radius 2 is 1.96 bits per heavy atom. The summed E-state index contributed by atoms with van der Waals surface area (Å²) in [5.41, 5.74) is -0.0127. The van der Waals surface area contributed by atoms with Crippen molar-refractivity contribution in [3.63, 3.8) is 0 Å². The molecule has 6 rings (SSSR count). The third-order valence-electron chi connectivity index (χ3n) is 7.38. The predicted molar refractivity (Wildman–Crippen MR) is 101 cm³/mol. The summed E-state index contributed by atoms with van der Waals surface area (Å²) < 4.78 is 6.40. The van der Waals surface area contributed by atoms with E-state index < -0.39 is 5.72 Å². The lowest BCUT2D eigenvalue weighted by molar-refractivity contribution is -0.156. The fourth-order valence-corrected chi connectivity index (χ4v) is 5.73. The summed E-state index contributed by atoms with van der Waals surface area (Å²) in [6.45, 7) is 4.08. The second kappa shape index (κ2) is 6.25.